The maximum Gasteiger partial charge on any atom is 0.673 e. The van der Waals surface area contributed by atoms with Gasteiger partial charge in [-0.25, -0.2) is 4.57 Å². The van der Waals surface area contributed by atoms with Gasteiger partial charge in [0, 0.05) is 0 Å². The van der Waals surface area contributed by atoms with Crippen molar-refractivity contribution in [3.8, 4) is 0 Å². The van der Waals surface area contributed by atoms with E-state index in [9.17, 15) is 17.3 Å². The summed E-state index contributed by atoms with van der Waals surface area (Å²) in [7, 11) is -6.00. The summed E-state index contributed by atoms with van der Waals surface area (Å²) in [5, 5.41) is 0. The Balaban J connectivity index is 0.00000129. The molecule has 2 atom stereocenters. The lowest BCUT2D eigenvalue weighted by Crippen LogP contribution is -2.38. The van der Waals surface area contributed by atoms with Crippen LogP contribution in [-0.4, -0.2) is 12.2 Å². The smallest absolute Gasteiger partial charge is 0.418 e. The Labute approximate surface area is 169 Å². The third-order valence-corrected chi connectivity index (χ3v) is 5.37. The average Bonchev–Trinajstić information content (AvgIpc) is 3.15. The summed E-state index contributed by atoms with van der Waals surface area (Å²) in [6, 6.07) is 0.606. The standard InChI is InChI=1S/C21H40N2.BF4/c1-4-5-6-7-8-9-10-11-12-13-14-15-16-20(2)21(3)23-18-17-22-19-23;2-1(3,4)5/h17-21H,4-16H2,1-3H3;/q;-1/p+1. The van der Waals surface area contributed by atoms with Gasteiger partial charge in [-0.2, -0.15) is 0 Å². The van der Waals surface area contributed by atoms with E-state index in [4.69, 9.17) is 0 Å². The fourth-order valence-electron chi connectivity index (χ4n) is 3.40. The lowest BCUT2D eigenvalue weighted by Gasteiger charge is -2.16. The van der Waals surface area contributed by atoms with Gasteiger partial charge in [0.05, 0.1) is 0 Å². The quantitative estimate of drug-likeness (QED) is 0.132. The topological polar surface area (TPSA) is 19.7 Å². The second-order valence-electron chi connectivity index (χ2n) is 7.95. The van der Waals surface area contributed by atoms with Crippen molar-refractivity contribution in [3.05, 3.63) is 18.7 Å². The molecule has 2 unspecified atom stereocenters. The number of rotatable bonds is 15. The lowest BCUT2D eigenvalue weighted by molar-refractivity contribution is -0.725. The van der Waals surface area contributed by atoms with Gasteiger partial charge in [0.15, 0.2) is 0 Å². The van der Waals surface area contributed by atoms with Crippen LogP contribution in [0.1, 0.15) is 110 Å². The minimum absolute atomic E-state index is 0.606. The SMILES string of the molecule is CCCCCCCCCCCCCCC(C)C(C)[n+]1cc[nH]c1.F[B-](F)(F)F. The van der Waals surface area contributed by atoms with E-state index in [1.807, 2.05) is 6.20 Å². The zero-order valence-electron chi connectivity index (χ0n) is 18.1. The van der Waals surface area contributed by atoms with Crippen LogP contribution in [-0.2, 0) is 0 Å². The first kappa shape index (κ1) is 27.0. The Hall–Kier alpha value is -1.01. The summed E-state index contributed by atoms with van der Waals surface area (Å²) in [4.78, 5) is 3.14. The van der Waals surface area contributed by atoms with Crippen molar-refractivity contribution in [2.24, 2.45) is 5.92 Å². The van der Waals surface area contributed by atoms with Gasteiger partial charge >= 0.3 is 7.25 Å². The highest BCUT2D eigenvalue weighted by Gasteiger charge is 2.20. The van der Waals surface area contributed by atoms with Crippen LogP contribution in [0.15, 0.2) is 18.7 Å². The Morgan fingerprint density at radius 2 is 1.21 bits per heavy atom. The van der Waals surface area contributed by atoms with Crippen molar-refractivity contribution in [2.75, 3.05) is 0 Å². The molecule has 0 radical (unpaired) electrons. The summed E-state index contributed by atoms with van der Waals surface area (Å²) >= 11 is 0. The predicted octanol–water partition coefficient (Wildman–Crippen LogP) is 7.89. The number of halogens is 4. The van der Waals surface area contributed by atoms with E-state index in [0.29, 0.717) is 6.04 Å². The monoisotopic (exact) mass is 408 g/mol. The zero-order valence-corrected chi connectivity index (χ0v) is 18.1. The Kier molecular flexibility index (Phi) is 16.3. The highest BCUT2D eigenvalue weighted by molar-refractivity contribution is 6.50. The summed E-state index contributed by atoms with van der Waals surface area (Å²) < 4.78 is 41.3. The summed E-state index contributed by atoms with van der Waals surface area (Å²) in [5.41, 5.74) is 0. The molecule has 0 saturated heterocycles. The van der Waals surface area contributed by atoms with E-state index in [1.165, 1.54) is 83.5 Å². The van der Waals surface area contributed by atoms with Gasteiger partial charge in [-0.1, -0.05) is 90.9 Å². The minimum atomic E-state index is -6.00. The van der Waals surface area contributed by atoms with Gasteiger partial charge < -0.3 is 17.3 Å². The molecule has 0 aliphatic heterocycles. The molecule has 1 heterocycles. The number of nitrogens with zero attached hydrogens (tertiary/aromatic N) is 1. The van der Waals surface area contributed by atoms with E-state index in [-0.39, 0.29) is 0 Å². The average molecular weight is 408 g/mol. The first-order chi connectivity index (χ1) is 13.3. The van der Waals surface area contributed by atoms with Gasteiger partial charge in [-0.3, -0.25) is 4.98 Å². The molecule has 2 nitrogen and oxygen atoms in total. The molecule has 0 aliphatic rings. The number of unbranched alkanes of at least 4 members (excludes halogenated alkanes) is 11. The second kappa shape index (κ2) is 16.9. The lowest BCUT2D eigenvalue weighted by atomic mass is 9.95. The highest BCUT2D eigenvalue weighted by atomic mass is 19.5. The van der Waals surface area contributed by atoms with E-state index < -0.39 is 7.25 Å². The third kappa shape index (κ3) is 18.4. The highest BCUT2D eigenvalue weighted by Crippen LogP contribution is 2.19. The van der Waals surface area contributed by atoms with E-state index in [0.717, 1.165) is 5.92 Å². The fourth-order valence-corrected chi connectivity index (χ4v) is 3.40. The number of hydrogen-bond acceptors (Lipinski definition) is 0. The molecule has 1 rings (SSSR count). The fraction of sp³-hybridized carbons (Fsp3) is 0.857. The largest absolute Gasteiger partial charge is 0.673 e. The number of nitrogens with one attached hydrogen (secondary N) is 1. The molecule has 28 heavy (non-hydrogen) atoms. The van der Waals surface area contributed by atoms with Crippen LogP contribution in [0.25, 0.3) is 0 Å². The van der Waals surface area contributed by atoms with Gasteiger partial charge in [0.25, 0.3) is 0 Å². The Bertz CT molecular complexity index is 432. The maximum atomic E-state index is 9.75. The maximum absolute atomic E-state index is 9.75. The molecule has 1 N–H and O–H groups in total. The molecule has 0 bridgehead atoms. The van der Waals surface area contributed by atoms with Gasteiger partial charge in [0.2, 0.25) is 6.33 Å². The van der Waals surface area contributed by atoms with Crippen molar-refractivity contribution in [1.82, 2.24) is 4.98 Å². The van der Waals surface area contributed by atoms with Crippen molar-refractivity contribution in [2.45, 2.75) is 110 Å². The van der Waals surface area contributed by atoms with Crippen LogP contribution in [0.5, 0.6) is 0 Å². The Morgan fingerprint density at radius 3 is 1.61 bits per heavy atom. The molecular weight excluding hydrogens is 367 g/mol. The van der Waals surface area contributed by atoms with Crippen LogP contribution in [0, 0.1) is 5.92 Å². The van der Waals surface area contributed by atoms with E-state index in [1.54, 1.807) is 0 Å². The molecule has 166 valence electrons. The molecule has 0 saturated carbocycles. The normalized spacial score (nSPS) is 13.7. The Morgan fingerprint density at radius 1 is 0.786 bits per heavy atom. The van der Waals surface area contributed by atoms with E-state index >= 15 is 0 Å². The van der Waals surface area contributed by atoms with Crippen LogP contribution >= 0.6 is 0 Å². The summed E-state index contributed by atoms with van der Waals surface area (Å²) in [6.07, 6.45) is 24.8. The molecule has 0 fully saturated rings. The van der Waals surface area contributed by atoms with Crippen molar-refractivity contribution < 1.29 is 21.8 Å². The van der Waals surface area contributed by atoms with Gasteiger partial charge in [-0.15, -0.1) is 0 Å². The minimum Gasteiger partial charge on any atom is -0.418 e. The number of H-pyrrole nitrogens is 1. The summed E-state index contributed by atoms with van der Waals surface area (Å²) in [6.45, 7) is 7.02. The van der Waals surface area contributed by atoms with Crippen LogP contribution in [0.4, 0.5) is 17.3 Å². The molecule has 1 aromatic rings. The van der Waals surface area contributed by atoms with Crippen LogP contribution in [0.3, 0.4) is 0 Å². The molecule has 0 amide bonds. The molecular formula is C21H41BF4N2. The molecule has 7 heteroatoms. The first-order valence-corrected chi connectivity index (χ1v) is 11.2. The number of aromatic nitrogens is 2. The van der Waals surface area contributed by atoms with Crippen molar-refractivity contribution >= 4 is 7.25 Å². The van der Waals surface area contributed by atoms with E-state index in [2.05, 4.69) is 42.8 Å². The third-order valence-electron chi connectivity index (χ3n) is 5.37. The van der Waals surface area contributed by atoms with Gasteiger partial charge in [0.1, 0.15) is 18.4 Å². The zero-order chi connectivity index (χ0) is 21.3. The predicted molar refractivity (Wildman–Crippen MR) is 111 cm³/mol. The van der Waals surface area contributed by atoms with Crippen LogP contribution < -0.4 is 4.57 Å². The molecule has 1 aromatic heterocycles. The molecule has 0 spiro atoms. The molecule has 0 aliphatic carbocycles. The first-order valence-electron chi connectivity index (χ1n) is 11.2. The number of hydrogen-bond donors (Lipinski definition) is 1. The second-order valence-corrected chi connectivity index (χ2v) is 7.95. The van der Waals surface area contributed by atoms with Gasteiger partial charge in [-0.05, 0) is 19.3 Å². The van der Waals surface area contributed by atoms with Crippen molar-refractivity contribution in [1.29, 1.82) is 0 Å². The molecule has 0 aromatic carbocycles. The van der Waals surface area contributed by atoms with Crippen molar-refractivity contribution in [3.63, 3.8) is 0 Å². The summed E-state index contributed by atoms with van der Waals surface area (Å²) in [5.74, 6) is 0.763. The van der Waals surface area contributed by atoms with Crippen LogP contribution in [0.2, 0.25) is 0 Å². The number of imidazole rings is 1. The number of aromatic amines is 1.